The Kier molecular flexibility index (Phi) is 5.83. The van der Waals surface area contributed by atoms with Crippen LogP contribution >= 0.6 is 0 Å². The highest BCUT2D eigenvalue weighted by molar-refractivity contribution is 5.95. The molecular weight excluding hydrogens is 328 g/mol. The molecule has 1 aliphatic rings. The largest absolute Gasteiger partial charge is 0.369 e. The summed E-state index contributed by atoms with van der Waals surface area (Å²) in [4.78, 5) is 30.3. The SMILES string of the molecule is Cc1cc(C(=O)NCCCN2CCC(C(N)=O)CC2)nc2ccccc12. The summed E-state index contributed by atoms with van der Waals surface area (Å²) in [5.41, 5.74) is 7.72. The van der Waals surface area contributed by atoms with E-state index in [0.29, 0.717) is 12.2 Å². The number of hydrogen-bond donors (Lipinski definition) is 2. The lowest BCUT2D eigenvalue weighted by Gasteiger charge is -2.30. The Morgan fingerprint density at radius 2 is 2.00 bits per heavy atom. The van der Waals surface area contributed by atoms with Crippen LogP contribution in [0, 0.1) is 12.8 Å². The molecule has 0 atom stereocenters. The van der Waals surface area contributed by atoms with Gasteiger partial charge in [0.1, 0.15) is 5.69 Å². The van der Waals surface area contributed by atoms with Gasteiger partial charge in [0.15, 0.2) is 0 Å². The summed E-state index contributed by atoms with van der Waals surface area (Å²) in [5, 5.41) is 4.03. The normalized spacial score (nSPS) is 15.9. The molecule has 2 heterocycles. The van der Waals surface area contributed by atoms with Crippen LogP contribution < -0.4 is 11.1 Å². The number of fused-ring (bicyclic) bond motifs is 1. The molecule has 6 nitrogen and oxygen atoms in total. The van der Waals surface area contributed by atoms with Crippen molar-refractivity contribution in [2.75, 3.05) is 26.2 Å². The minimum absolute atomic E-state index is 0.0215. The minimum atomic E-state index is -0.185. The van der Waals surface area contributed by atoms with E-state index in [-0.39, 0.29) is 17.7 Å². The quantitative estimate of drug-likeness (QED) is 0.775. The number of piperidine rings is 1. The van der Waals surface area contributed by atoms with Crippen molar-refractivity contribution < 1.29 is 9.59 Å². The van der Waals surface area contributed by atoms with E-state index >= 15 is 0 Å². The van der Waals surface area contributed by atoms with Crippen LogP contribution in [-0.4, -0.2) is 47.9 Å². The van der Waals surface area contributed by atoms with Crippen molar-refractivity contribution >= 4 is 22.7 Å². The van der Waals surface area contributed by atoms with Crippen LogP contribution in [0.15, 0.2) is 30.3 Å². The molecule has 0 radical (unpaired) electrons. The number of aromatic nitrogens is 1. The van der Waals surface area contributed by atoms with Crippen LogP contribution in [0.25, 0.3) is 10.9 Å². The molecule has 0 aliphatic carbocycles. The number of rotatable bonds is 6. The first-order valence-corrected chi connectivity index (χ1v) is 9.21. The molecule has 138 valence electrons. The van der Waals surface area contributed by atoms with Crippen LogP contribution in [0.1, 0.15) is 35.3 Å². The topological polar surface area (TPSA) is 88.3 Å². The summed E-state index contributed by atoms with van der Waals surface area (Å²) in [7, 11) is 0. The minimum Gasteiger partial charge on any atom is -0.369 e. The zero-order valence-electron chi connectivity index (χ0n) is 15.2. The van der Waals surface area contributed by atoms with Crippen LogP contribution in [0.4, 0.5) is 0 Å². The number of primary amides is 1. The van der Waals surface area contributed by atoms with Crippen molar-refractivity contribution in [1.29, 1.82) is 0 Å². The number of carbonyl (C=O) groups excluding carboxylic acids is 2. The Morgan fingerprint density at radius 1 is 1.27 bits per heavy atom. The van der Waals surface area contributed by atoms with Crippen molar-refractivity contribution in [2.45, 2.75) is 26.2 Å². The highest BCUT2D eigenvalue weighted by Gasteiger charge is 2.22. The Morgan fingerprint density at radius 3 is 2.73 bits per heavy atom. The Hall–Kier alpha value is -2.47. The smallest absolute Gasteiger partial charge is 0.269 e. The van der Waals surface area contributed by atoms with E-state index in [0.717, 1.165) is 55.4 Å². The van der Waals surface area contributed by atoms with Gasteiger partial charge in [-0.2, -0.15) is 0 Å². The number of pyridine rings is 1. The molecule has 1 saturated heterocycles. The number of carbonyl (C=O) groups is 2. The van der Waals surface area contributed by atoms with E-state index in [4.69, 9.17) is 5.73 Å². The molecule has 1 aromatic carbocycles. The van der Waals surface area contributed by atoms with Crippen molar-refractivity contribution in [2.24, 2.45) is 11.7 Å². The second-order valence-electron chi connectivity index (χ2n) is 6.97. The van der Waals surface area contributed by atoms with Gasteiger partial charge in [-0.15, -0.1) is 0 Å². The first-order valence-electron chi connectivity index (χ1n) is 9.21. The van der Waals surface area contributed by atoms with Crippen molar-refractivity contribution in [3.05, 3.63) is 41.6 Å². The van der Waals surface area contributed by atoms with E-state index in [2.05, 4.69) is 15.2 Å². The number of benzene rings is 1. The fraction of sp³-hybridized carbons (Fsp3) is 0.450. The summed E-state index contributed by atoms with van der Waals surface area (Å²) in [6.45, 7) is 5.31. The number of likely N-dealkylation sites (tertiary alicyclic amines) is 1. The third kappa shape index (κ3) is 4.38. The van der Waals surface area contributed by atoms with Gasteiger partial charge < -0.3 is 16.0 Å². The summed E-state index contributed by atoms with van der Waals surface area (Å²) in [6, 6.07) is 9.68. The lowest BCUT2D eigenvalue weighted by molar-refractivity contribution is -0.123. The molecule has 2 aromatic rings. The Bertz CT molecular complexity index is 797. The lowest BCUT2D eigenvalue weighted by atomic mass is 9.96. The summed E-state index contributed by atoms with van der Waals surface area (Å²) in [5.74, 6) is -0.297. The second-order valence-corrected chi connectivity index (χ2v) is 6.97. The van der Waals surface area contributed by atoms with Gasteiger partial charge in [-0.1, -0.05) is 18.2 Å². The molecule has 0 bridgehead atoms. The number of nitrogens with two attached hydrogens (primary N) is 1. The molecule has 26 heavy (non-hydrogen) atoms. The van der Waals surface area contributed by atoms with Gasteiger partial charge in [0, 0.05) is 17.8 Å². The van der Waals surface area contributed by atoms with Crippen molar-refractivity contribution in [1.82, 2.24) is 15.2 Å². The first kappa shape index (κ1) is 18.3. The van der Waals surface area contributed by atoms with Gasteiger partial charge in [-0.25, -0.2) is 4.98 Å². The molecule has 0 unspecified atom stereocenters. The van der Waals surface area contributed by atoms with E-state index < -0.39 is 0 Å². The average Bonchev–Trinajstić information content (AvgIpc) is 2.65. The summed E-state index contributed by atoms with van der Waals surface area (Å²) >= 11 is 0. The van der Waals surface area contributed by atoms with E-state index in [1.54, 1.807) is 0 Å². The second kappa shape index (κ2) is 8.27. The van der Waals surface area contributed by atoms with Gasteiger partial charge in [0.25, 0.3) is 5.91 Å². The van der Waals surface area contributed by atoms with Gasteiger partial charge in [0.05, 0.1) is 5.52 Å². The molecular formula is C20H26N4O2. The molecule has 1 fully saturated rings. The summed E-state index contributed by atoms with van der Waals surface area (Å²) in [6.07, 6.45) is 2.55. The fourth-order valence-electron chi connectivity index (χ4n) is 3.50. The molecule has 0 saturated carbocycles. The number of amides is 2. The van der Waals surface area contributed by atoms with Gasteiger partial charge in [-0.3, -0.25) is 9.59 Å². The monoisotopic (exact) mass is 354 g/mol. The summed E-state index contributed by atoms with van der Waals surface area (Å²) < 4.78 is 0. The molecule has 6 heteroatoms. The molecule has 0 spiro atoms. The zero-order chi connectivity index (χ0) is 18.5. The first-order chi connectivity index (χ1) is 12.5. The Balaban J connectivity index is 1.45. The maximum absolute atomic E-state index is 12.4. The molecule has 2 amide bonds. The van der Waals surface area contributed by atoms with Crippen molar-refractivity contribution in [3.8, 4) is 0 Å². The molecule has 3 N–H and O–H groups in total. The van der Waals surface area contributed by atoms with Gasteiger partial charge in [0.2, 0.25) is 5.91 Å². The van der Waals surface area contributed by atoms with E-state index in [1.807, 2.05) is 37.3 Å². The highest BCUT2D eigenvalue weighted by atomic mass is 16.2. The Labute approximate surface area is 153 Å². The molecule has 3 rings (SSSR count). The number of nitrogens with zero attached hydrogens (tertiary/aromatic N) is 2. The molecule has 1 aromatic heterocycles. The predicted octanol–water partition coefficient (Wildman–Crippen LogP) is 1.86. The van der Waals surface area contributed by atoms with E-state index in [1.165, 1.54) is 0 Å². The van der Waals surface area contributed by atoms with Crippen molar-refractivity contribution in [3.63, 3.8) is 0 Å². The number of aryl methyl sites for hydroxylation is 1. The van der Waals surface area contributed by atoms with Gasteiger partial charge >= 0.3 is 0 Å². The predicted molar refractivity (Wildman–Crippen MR) is 102 cm³/mol. The zero-order valence-corrected chi connectivity index (χ0v) is 15.2. The highest BCUT2D eigenvalue weighted by Crippen LogP contribution is 2.18. The van der Waals surface area contributed by atoms with Crippen LogP contribution in [0.5, 0.6) is 0 Å². The van der Waals surface area contributed by atoms with E-state index in [9.17, 15) is 9.59 Å². The molecule has 1 aliphatic heterocycles. The number of para-hydroxylation sites is 1. The van der Waals surface area contributed by atoms with Crippen LogP contribution in [0.2, 0.25) is 0 Å². The third-order valence-electron chi connectivity index (χ3n) is 5.08. The fourth-order valence-corrected chi connectivity index (χ4v) is 3.50. The standard InChI is InChI=1S/C20H26N4O2/c1-14-13-18(23-17-6-3-2-5-16(14)17)20(26)22-9-4-10-24-11-7-15(8-12-24)19(21)25/h2-3,5-6,13,15H,4,7-12H2,1H3,(H2,21,25)(H,22,26). The van der Waals surface area contributed by atoms with Crippen LogP contribution in [-0.2, 0) is 4.79 Å². The van der Waals surface area contributed by atoms with Crippen LogP contribution in [0.3, 0.4) is 0 Å². The number of hydrogen-bond acceptors (Lipinski definition) is 4. The lowest BCUT2D eigenvalue weighted by Crippen LogP contribution is -2.39. The number of nitrogens with one attached hydrogen (secondary N) is 1. The average molecular weight is 354 g/mol. The maximum Gasteiger partial charge on any atom is 0.269 e. The maximum atomic E-state index is 12.4. The van der Waals surface area contributed by atoms with Gasteiger partial charge in [-0.05, 0) is 63.5 Å². The third-order valence-corrected chi connectivity index (χ3v) is 5.08.